The molecule has 0 aromatic heterocycles. The Morgan fingerprint density at radius 1 is 0.900 bits per heavy atom. The summed E-state index contributed by atoms with van der Waals surface area (Å²) in [5.74, 6) is 2.88. The van der Waals surface area contributed by atoms with Crippen LogP contribution in [0.5, 0.6) is 0 Å². The fraction of sp³-hybridized carbons (Fsp3) is 1.00. The van der Waals surface area contributed by atoms with Gasteiger partial charge in [0.25, 0.3) is 0 Å². The Hall–Kier alpha value is 0.860. The van der Waals surface area contributed by atoms with Gasteiger partial charge in [0.15, 0.2) is 0 Å². The van der Waals surface area contributed by atoms with Crippen LogP contribution in [0.3, 0.4) is 0 Å². The highest BCUT2D eigenvalue weighted by atomic mass is 31.1. The lowest BCUT2D eigenvalue weighted by atomic mass is 9.71. The molecule has 0 heterocycles. The maximum atomic E-state index is 3.33. The van der Waals surface area contributed by atoms with Crippen LogP contribution in [-0.4, -0.2) is 4.90 Å². The highest BCUT2D eigenvalue weighted by molar-refractivity contribution is 7.40. The van der Waals surface area contributed by atoms with Crippen LogP contribution in [0, 0.1) is 17.8 Å². The number of unbranched alkanes of at least 4 members (excludes halogenated alkanes) is 1. The fourth-order valence-electron chi connectivity index (χ4n) is 4.76. The van der Waals surface area contributed by atoms with E-state index in [1.807, 2.05) is 0 Å². The molecule has 3 atom stereocenters. The Kier molecular flexibility index (Phi) is 7.30. The molecule has 0 aromatic carbocycles. The van der Waals surface area contributed by atoms with Crippen LogP contribution in [0.2, 0.25) is 0 Å². The van der Waals surface area contributed by atoms with Gasteiger partial charge in [-0.3, -0.25) is 0 Å². The SMILES string of the molecule is CCCCC(C1CCCCC1)C(P)(P)C1CCCCC1. The summed E-state index contributed by atoms with van der Waals surface area (Å²) in [6.45, 7) is 2.35. The van der Waals surface area contributed by atoms with Crippen LogP contribution < -0.4 is 0 Å². The summed E-state index contributed by atoms with van der Waals surface area (Å²) in [7, 11) is 6.66. The molecule has 0 saturated heterocycles. The van der Waals surface area contributed by atoms with Crippen molar-refractivity contribution in [3.8, 4) is 0 Å². The van der Waals surface area contributed by atoms with Crippen LogP contribution in [0.15, 0.2) is 0 Å². The van der Waals surface area contributed by atoms with Crippen LogP contribution in [0.25, 0.3) is 0 Å². The van der Waals surface area contributed by atoms with E-state index < -0.39 is 0 Å². The fourth-order valence-corrected chi connectivity index (χ4v) is 6.30. The number of rotatable bonds is 6. The highest BCUT2D eigenvalue weighted by Gasteiger charge is 2.41. The minimum absolute atomic E-state index is 0.428. The monoisotopic (exact) mass is 314 g/mol. The predicted octanol–water partition coefficient (Wildman–Crippen LogP) is 6.40. The summed E-state index contributed by atoms with van der Waals surface area (Å²) >= 11 is 0. The van der Waals surface area contributed by atoms with Crippen molar-refractivity contribution in [2.75, 3.05) is 0 Å². The Morgan fingerprint density at radius 2 is 1.45 bits per heavy atom. The second-order valence-electron chi connectivity index (χ2n) is 7.48. The lowest BCUT2D eigenvalue weighted by molar-refractivity contribution is 0.170. The van der Waals surface area contributed by atoms with E-state index >= 15 is 0 Å². The second-order valence-corrected chi connectivity index (χ2v) is 10.1. The van der Waals surface area contributed by atoms with E-state index in [9.17, 15) is 0 Å². The third-order valence-corrected chi connectivity index (χ3v) is 7.84. The minimum Gasteiger partial charge on any atom is -0.126 e. The molecule has 2 fully saturated rings. The molecule has 0 bridgehead atoms. The molecule has 118 valence electrons. The van der Waals surface area contributed by atoms with E-state index in [0.29, 0.717) is 4.90 Å². The van der Waals surface area contributed by atoms with E-state index in [0.717, 1.165) is 17.8 Å². The van der Waals surface area contributed by atoms with Gasteiger partial charge in [-0.1, -0.05) is 71.1 Å². The van der Waals surface area contributed by atoms with Gasteiger partial charge in [-0.25, -0.2) is 0 Å². The predicted molar refractivity (Wildman–Crippen MR) is 98.3 cm³/mol. The Balaban J connectivity index is 2.05. The van der Waals surface area contributed by atoms with Gasteiger partial charge in [0.2, 0.25) is 0 Å². The Labute approximate surface area is 132 Å². The molecule has 2 saturated carbocycles. The van der Waals surface area contributed by atoms with Gasteiger partial charge in [0, 0.05) is 4.90 Å². The quantitative estimate of drug-likeness (QED) is 0.498. The van der Waals surface area contributed by atoms with E-state index in [2.05, 4.69) is 25.4 Å². The third kappa shape index (κ3) is 4.43. The van der Waals surface area contributed by atoms with Crippen LogP contribution in [0.4, 0.5) is 0 Å². The molecule has 0 aromatic rings. The van der Waals surface area contributed by atoms with Gasteiger partial charge in [0.1, 0.15) is 0 Å². The van der Waals surface area contributed by atoms with E-state index in [-0.39, 0.29) is 0 Å². The first-order chi connectivity index (χ1) is 9.66. The zero-order valence-corrected chi connectivity index (χ0v) is 15.9. The molecule has 0 spiro atoms. The lowest BCUT2D eigenvalue weighted by Gasteiger charge is -2.47. The molecule has 2 aliphatic carbocycles. The zero-order valence-electron chi connectivity index (χ0n) is 13.6. The Bertz CT molecular complexity index is 263. The molecule has 0 radical (unpaired) electrons. The summed E-state index contributed by atoms with van der Waals surface area (Å²) < 4.78 is 0. The van der Waals surface area contributed by atoms with E-state index in [4.69, 9.17) is 0 Å². The van der Waals surface area contributed by atoms with Crippen LogP contribution >= 0.6 is 18.5 Å². The second kappa shape index (κ2) is 8.48. The summed E-state index contributed by atoms with van der Waals surface area (Å²) in [5.41, 5.74) is 0. The van der Waals surface area contributed by atoms with Crippen molar-refractivity contribution in [2.45, 2.75) is 95.3 Å². The van der Waals surface area contributed by atoms with Crippen LogP contribution in [-0.2, 0) is 0 Å². The summed E-state index contributed by atoms with van der Waals surface area (Å²) in [5, 5.41) is 0. The maximum Gasteiger partial charge on any atom is 0.00514 e. The lowest BCUT2D eigenvalue weighted by Crippen LogP contribution is -2.39. The number of hydrogen-bond donors (Lipinski definition) is 0. The summed E-state index contributed by atoms with van der Waals surface area (Å²) in [6.07, 6.45) is 19.1. The summed E-state index contributed by atoms with van der Waals surface area (Å²) in [6, 6.07) is 0. The molecule has 0 N–H and O–H groups in total. The van der Waals surface area contributed by atoms with Crippen molar-refractivity contribution in [1.82, 2.24) is 0 Å². The van der Waals surface area contributed by atoms with Gasteiger partial charge >= 0.3 is 0 Å². The highest BCUT2D eigenvalue weighted by Crippen LogP contribution is 2.54. The molecule has 2 aliphatic rings. The van der Waals surface area contributed by atoms with E-state index in [1.165, 1.54) is 83.5 Å². The zero-order chi connectivity index (χ0) is 14.4. The Morgan fingerprint density at radius 3 is 2.00 bits per heavy atom. The van der Waals surface area contributed by atoms with Crippen LogP contribution in [0.1, 0.15) is 90.4 Å². The average Bonchev–Trinajstić information content (AvgIpc) is 2.49. The van der Waals surface area contributed by atoms with Crippen molar-refractivity contribution in [1.29, 1.82) is 0 Å². The first kappa shape index (κ1) is 17.2. The molecule has 0 nitrogen and oxygen atoms in total. The first-order valence-electron chi connectivity index (χ1n) is 9.24. The largest absolute Gasteiger partial charge is 0.126 e. The summed E-state index contributed by atoms with van der Waals surface area (Å²) in [4.78, 5) is 0.428. The van der Waals surface area contributed by atoms with Crippen molar-refractivity contribution in [3.63, 3.8) is 0 Å². The minimum atomic E-state index is 0.428. The van der Waals surface area contributed by atoms with Gasteiger partial charge in [-0.2, -0.15) is 0 Å². The molecule has 20 heavy (non-hydrogen) atoms. The third-order valence-electron chi connectivity index (χ3n) is 6.04. The van der Waals surface area contributed by atoms with Crippen molar-refractivity contribution >= 4 is 18.5 Å². The van der Waals surface area contributed by atoms with Gasteiger partial charge in [-0.05, 0) is 37.0 Å². The van der Waals surface area contributed by atoms with Gasteiger partial charge < -0.3 is 0 Å². The first-order valence-corrected chi connectivity index (χ1v) is 10.4. The van der Waals surface area contributed by atoms with Crippen molar-refractivity contribution in [2.24, 2.45) is 17.8 Å². The van der Waals surface area contributed by atoms with Gasteiger partial charge in [0.05, 0.1) is 0 Å². The van der Waals surface area contributed by atoms with Gasteiger partial charge in [-0.15, -0.1) is 18.5 Å². The molecular weight excluding hydrogens is 278 g/mol. The normalized spacial score (nSPS) is 24.8. The molecular formula is C18H36P2. The molecule has 2 rings (SSSR count). The molecule has 2 heteroatoms. The molecule has 0 aliphatic heterocycles. The van der Waals surface area contributed by atoms with E-state index in [1.54, 1.807) is 0 Å². The number of hydrogen-bond acceptors (Lipinski definition) is 0. The average molecular weight is 314 g/mol. The smallest absolute Gasteiger partial charge is 0.00514 e. The maximum absolute atomic E-state index is 3.33. The van der Waals surface area contributed by atoms with Crippen molar-refractivity contribution in [3.05, 3.63) is 0 Å². The van der Waals surface area contributed by atoms with Crippen molar-refractivity contribution < 1.29 is 0 Å². The molecule has 0 amide bonds. The standard InChI is InChI=1S/C18H36P2/c1-2-3-14-17(15-10-6-4-7-11-15)18(19,20)16-12-8-5-9-13-16/h15-17H,2-14,19-20H2,1H3. The topological polar surface area (TPSA) is 0 Å². The molecule has 3 unspecified atom stereocenters.